The van der Waals surface area contributed by atoms with Gasteiger partial charge in [-0.1, -0.05) is 0 Å². The van der Waals surface area contributed by atoms with Crippen molar-refractivity contribution in [3.05, 3.63) is 39.9 Å². The fourth-order valence-corrected chi connectivity index (χ4v) is 1.74. The summed E-state index contributed by atoms with van der Waals surface area (Å²) in [5.41, 5.74) is 0.354. The number of non-ortho nitro benzene ring substituents is 1. The van der Waals surface area contributed by atoms with E-state index < -0.39 is 23.2 Å². The van der Waals surface area contributed by atoms with Crippen LogP contribution in [-0.4, -0.2) is 42.5 Å². The molecule has 0 aromatic heterocycles. The van der Waals surface area contributed by atoms with Crippen LogP contribution in [0.25, 0.3) is 0 Å². The first-order valence-corrected chi connectivity index (χ1v) is 6.34. The average molecular weight is 298 g/mol. The minimum atomic E-state index is -1.07. The number of aliphatic hydroxyl groups excluding tert-OH is 1. The topological polar surface area (TPSA) is 111 Å². The number of carbonyl (C=O) groups excluding carboxylic acids is 1. The maximum absolute atomic E-state index is 11.4. The molecule has 0 aliphatic carbocycles. The van der Waals surface area contributed by atoms with Crippen molar-refractivity contribution in [2.24, 2.45) is 0 Å². The van der Waals surface area contributed by atoms with E-state index in [-0.39, 0.29) is 18.9 Å². The molecule has 0 aliphatic rings. The smallest absolute Gasteiger partial charge is 0.407 e. The van der Waals surface area contributed by atoms with Crippen molar-refractivity contribution in [1.29, 1.82) is 0 Å². The zero-order valence-corrected chi connectivity index (χ0v) is 11.8. The van der Waals surface area contributed by atoms with Gasteiger partial charge in [-0.05, 0) is 24.6 Å². The first kappa shape index (κ1) is 16.9. The molecule has 1 amide bonds. The lowest BCUT2D eigenvalue weighted by atomic mass is 10.0. The van der Waals surface area contributed by atoms with Crippen molar-refractivity contribution >= 4 is 11.8 Å². The summed E-state index contributed by atoms with van der Waals surface area (Å²) in [6, 6.07) is 4.70. The van der Waals surface area contributed by atoms with Crippen LogP contribution in [0.1, 0.15) is 18.6 Å². The molecule has 0 bridgehead atoms. The molecule has 0 aliphatic heterocycles. The van der Waals surface area contributed by atoms with Crippen molar-refractivity contribution in [2.45, 2.75) is 19.1 Å². The van der Waals surface area contributed by atoms with Gasteiger partial charge in [-0.3, -0.25) is 10.1 Å². The van der Waals surface area contributed by atoms with E-state index in [0.29, 0.717) is 5.56 Å². The fourth-order valence-electron chi connectivity index (χ4n) is 1.74. The Balaban J connectivity index is 2.81. The van der Waals surface area contributed by atoms with E-state index in [1.165, 1.54) is 31.4 Å². The number of carbonyl (C=O) groups is 1. The van der Waals surface area contributed by atoms with Crippen LogP contribution in [-0.2, 0) is 9.47 Å². The van der Waals surface area contributed by atoms with Gasteiger partial charge in [0, 0.05) is 19.2 Å². The van der Waals surface area contributed by atoms with Crippen LogP contribution in [0.2, 0.25) is 0 Å². The minimum absolute atomic E-state index is 0.0664. The summed E-state index contributed by atoms with van der Waals surface area (Å²) in [7, 11) is 1.43. The molecule has 1 rings (SSSR count). The van der Waals surface area contributed by atoms with E-state index in [1.54, 1.807) is 6.92 Å². The number of ether oxygens (including phenoxy) is 2. The maximum atomic E-state index is 11.4. The van der Waals surface area contributed by atoms with Gasteiger partial charge in [0.25, 0.3) is 5.69 Å². The highest BCUT2D eigenvalue weighted by Gasteiger charge is 2.24. The Morgan fingerprint density at radius 2 is 2.05 bits per heavy atom. The molecule has 0 radical (unpaired) electrons. The van der Waals surface area contributed by atoms with Gasteiger partial charge in [-0.15, -0.1) is 0 Å². The highest BCUT2D eigenvalue weighted by atomic mass is 16.6. The van der Waals surface area contributed by atoms with Crippen LogP contribution in [0.5, 0.6) is 0 Å². The predicted molar refractivity (Wildman–Crippen MR) is 73.9 cm³/mol. The number of rotatable bonds is 7. The molecule has 2 N–H and O–H groups in total. The average Bonchev–Trinajstić information content (AvgIpc) is 2.46. The molecule has 2 atom stereocenters. The van der Waals surface area contributed by atoms with Gasteiger partial charge in [0.05, 0.1) is 24.2 Å². The third-order valence-electron chi connectivity index (χ3n) is 2.75. The van der Waals surface area contributed by atoms with E-state index in [4.69, 9.17) is 9.47 Å². The third-order valence-corrected chi connectivity index (χ3v) is 2.75. The number of hydrogen-bond acceptors (Lipinski definition) is 6. The molecule has 0 saturated carbocycles. The molecule has 1 aromatic rings. The fraction of sp³-hybridized carbons (Fsp3) is 0.462. The Labute approximate surface area is 121 Å². The number of hydrogen-bond donors (Lipinski definition) is 2. The second-order valence-electron chi connectivity index (χ2n) is 4.22. The zero-order valence-electron chi connectivity index (χ0n) is 11.8. The molecule has 21 heavy (non-hydrogen) atoms. The van der Waals surface area contributed by atoms with Gasteiger partial charge >= 0.3 is 6.09 Å². The lowest BCUT2D eigenvalue weighted by molar-refractivity contribution is -0.384. The molecule has 8 heteroatoms. The monoisotopic (exact) mass is 298 g/mol. The normalized spacial score (nSPS) is 13.3. The molecule has 0 heterocycles. The number of benzene rings is 1. The number of amides is 1. The highest BCUT2D eigenvalue weighted by Crippen LogP contribution is 2.20. The van der Waals surface area contributed by atoms with Gasteiger partial charge in [0.15, 0.2) is 0 Å². The lowest BCUT2D eigenvalue weighted by Crippen LogP contribution is -2.42. The van der Waals surface area contributed by atoms with E-state index in [0.717, 1.165) is 0 Å². The number of alkyl carbamates (subject to hydrolysis) is 1. The van der Waals surface area contributed by atoms with Crippen molar-refractivity contribution < 1.29 is 24.3 Å². The van der Waals surface area contributed by atoms with E-state index in [9.17, 15) is 20.0 Å². The van der Waals surface area contributed by atoms with Gasteiger partial charge in [-0.2, -0.15) is 0 Å². The third kappa shape index (κ3) is 5.01. The maximum Gasteiger partial charge on any atom is 0.407 e. The Bertz CT molecular complexity index is 476. The van der Waals surface area contributed by atoms with E-state index >= 15 is 0 Å². The summed E-state index contributed by atoms with van der Waals surface area (Å²) < 4.78 is 9.70. The SMILES string of the molecule is CCOC(=O)N[C@@H](COC)[C@@H](O)c1ccc([N+](=O)[O-])cc1. The lowest BCUT2D eigenvalue weighted by Gasteiger charge is -2.23. The van der Waals surface area contributed by atoms with Crippen LogP contribution >= 0.6 is 0 Å². The summed E-state index contributed by atoms with van der Waals surface area (Å²) in [5, 5.41) is 23.3. The van der Waals surface area contributed by atoms with Crippen LogP contribution in [0.3, 0.4) is 0 Å². The first-order chi connectivity index (χ1) is 9.99. The van der Waals surface area contributed by atoms with Gasteiger partial charge in [0.2, 0.25) is 0 Å². The number of aliphatic hydroxyl groups is 1. The number of nitro benzene ring substituents is 1. The predicted octanol–water partition coefficient (Wildman–Crippen LogP) is 1.39. The molecule has 0 fully saturated rings. The van der Waals surface area contributed by atoms with Gasteiger partial charge < -0.3 is 19.9 Å². The van der Waals surface area contributed by atoms with Gasteiger partial charge in [0.1, 0.15) is 6.10 Å². The molecule has 8 nitrogen and oxygen atoms in total. The Hall–Kier alpha value is -2.19. The summed E-state index contributed by atoms with van der Waals surface area (Å²) in [5.74, 6) is 0. The Kier molecular flexibility index (Phi) is 6.57. The quantitative estimate of drug-likeness (QED) is 0.581. The number of nitrogens with one attached hydrogen (secondary N) is 1. The molecule has 1 aromatic carbocycles. The van der Waals surface area contributed by atoms with Crippen molar-refractivity contribution in [1.82, 2.24) is 5.32 Å². The second kappa shape index (κ2) is 8.18. The van der Waals surface area contributed by atoms with Crippen LogP contribution < -0.4 is 5.32 Å². The van der Waals surface area contributed by atoms with Crippen LogP contribution in [0.4, 0.5) is 10.5 Å². The summed E-state index contributed by atoms with van der Waals surface area (Å²) >= 11 is 0. The molecular formula is C13H18N2O6. The number of methoxy groups -OCH3 is 1. The van der Waals surface area contributed by atoms with Crippen molar-refractivity contribution in [3.8, 4) is 0 Å². The molecule has 116 valence electrons. The second-order valence-corrected chi connectivity index (χ2v) is 4.22. The first-order valence-electron chi connectivity index (χ1n) is 6.34. The molecule has 0 unspecified atom stereocenters. The van der Waals surface area contributed by atoms with Crippen LogP contribution in [0.15, 0.2) is 24.3 Å². The minimum Gasteiger partial charge on any atom is -0.450 e. The van der Waals surface area contributed by atoms with E-state index in [2.05, 4.69) is 5.32 Å². The molecule has 0 saturated heterocycles. The largest absolute Gasteiger partial charge is 0.450 e. The molecule has 0 spiro atoms. The van der Waals surface area contributed by atoms with E-state index in [1.807, 2.05) is 0 Å². The number of nitro groups is 1. The zero-order chi connectivity index (χ0) is 15.8. The summed E-state index contributed by atoms with van der Waals surface area (Å²) in [4.78, 5) is 21.5. The standard InChI is InChI=1S/C13H18N2O6/c1-3-21-13(17)14-11(8-20-2)12(16)9-4-6-10(7-5-9)15(18)19/h4-7,11-12,16H,3,8H2,1-2H3,(H,14,17)/t11-,12-/m0/s1. The Morgan fingerprint density at radius 3 is 2.52 bits per heavy atom. The number of nitrogens with zero attached hydrogens (tertiary/aromatic N) is 1. The summed E-state index contributed by atoms with van der Waals surface area (Å²) in [6.07, 6.45) is -1.74. The van der Waals surface area contributed by atoms with Crippen molar-refractivity contribution in [3.63, 3.8) is 0 Å². The van der Waals surface area contributed by atoms with Crippen LogP contribution in [0, 0.1) is 10.1 Å². The summed E-state index contributed by atoms with van der Waals surface area (Å²) in [6.45, 7) is 1.94. The molecular weight excluding hydrogens is 280 g/mol. The Morgan fingerprint density at radius 1 is 1.43 bits per heavy atom. The van der Waals surface area contributed by atoms with Crippen molar-refractivity contribution in [2.75, 3.05) is 20.3 Å². The highest BCUT2D eigenvalue weighted by molar-refractivity contribution is 5.67. The van der Waals surface area contributed by atoms with Gasteiger partial charge in [-0.25, -0.2) is 4.79 Å².